The average molecular weight is 207 g/mol. The van der Waals surface area contributed by atoms with E-state index in [2.05, 4.69) is 10.9 Å². The molecular formula is C11H13NOS. The minimum absolute atomic E-state index is 0.0581. The second-order valence-electron chi connectivity index (χ2n) is 3.42. The Labute approximate surface area is 85.6 Å². The average Bonchev–Trinajstić information content (AvgIpc) is 2.26. The molecule has 0 amide bonds. The largest absolute Gasteiger partial charge is 0.626 e. The second kappa shape index (κ2) is 3.33. The Kier molecular flexibility index (Phi) is 2.29. The molecule has 0 radical (unpaired) electrons. The summed E-state index contributed by atoms with van der Waals surface area (Å²) in [5.41, 5.74) is 0. The highest BCUT2D eigenvalue weighted by atomic mass is 32.3. The first-order valence-electron chi connectivity index (χ1n) is 4.61. The first-order chi connectivity index (χ1) is 6.68. The monoisotopic (exact) mass is 207 g/mol. The highest BCUT2D eigenvalue weighted by molar-refractivity contribution is 8.01. The molecule has 1 aliphatic rings. The van der Waals surface area contributed by atoms with E-state index < -0.39 is 10.1 Å². The van der Waals surface area contributed by atoms with Gasteiger partial charge in [0.05, 0.1) is 0 Å². The molecule has 0 aliphatic carbocycles. The molecule has 1 aromatic carbocycles. The van der Waals surface area contributed by atoms with E-state index in [-0.39, 0.29) is 11.3 Å². The van der Waals surface area contributed by atoms with Gasteiger partial charge in [0.25, 0.3) is 0 Å². The third kappa shape index (κ3) is 1.24. The smallest absolute Gasteiger partial charge is 0.156 e. The number of hydrogen-bond acceptors (Lipinski definition) is 2. The van der Waals surface area contributed by atoms with Crippen molar-refractivity contribution in [2.24, 2.45) is 4.36 Å². The van der Waals surface area contributed by atoms with Crippen LogP contribution < -0.4 is 0 Å². The molecule has 2 nitrogen and oxygen atoms in total. The lowest BCUT2D eigenvalue weighted by Gasteiger charge is -2.38. The summed E-state index contributed by atoms with van der Waals surface area (Å²) in [5, 5.41) is 0.0856. The molecule has 74 valence electrons. The van der Waals surface area contributed by atoms with Gasteiger partial charge in [0.2, 0.25) is 0 Å². The van der Waals surface area contributed by atoms with Crippen LogP contribution in [0.4, 0.5) is 0 Å². The van der Waals surface area contributed by atoms with Crippen LogP contribution in [0.5, 0.6) is 0 Å². The molecular weight excluding hydrogens is 194 g/mol. The molecule has 0 saturated carbocycles. The van der Waals surface area contributed by atoms with Crippen molar-refractivity contribution in [3.05, 3.63) is 43.0 Å². The van der Waals surface area contributed by atoms with Crippen LogP contribution in [0.3, 0.4) is 0 Å². The number of nitrogens with zero attached hydrogens (tertiary/aromatic N) is 1. The molecule has 1 aromatic rings. The summed E-state index contributed by atoms with van der Waals surface area (Å²) in [5.74, 6) is 0. The number of hydrogen-bond donors (Lipinski definition) is 0. The fraction of sp³-hybridized carbons (Fsp3) is 0.273. The zero-order valence-corrected chi connectivity index (χ0v) is 8.91. The van der Waals surface area contributed by atoms with Gasteiger partial charge in [-0.3, -0.25) is 0 Å². The third-order valence-electron chi connectivity index (χ3n) is 2.59. The summed E-state index contributed by atoms with van der Waals surface area (Å²) in [4.78, 5) is 0.839. The summed E-state index contributed by atoms with van der Waals surface area (Å²) >= 11 is 0. The highest BCUT2D eigenvalue weighted by Crippen LogP contribution is 2.36. The van der Waals surface area contributed by atoms with Crippen LogP contribution in [-0.4, -0.2) is 15.8 Å². The SMILES string of the molecule is C=C[C@@H]1N=[S+]([O-])(c2ccccc2)[C@H]1C. The molecule has 2 rings (SSSR count). The normalized spacial score (nSPS) is 35.6. The van der Waals surface area contributed by atoms with E-state index >= 15 is 0 Å². The Bertz CT molecular complexity index is 399. The Morgan fingerprint density at radius 3 is 2.57 bits per heavy atom. The minimum Gasteiger partial charge on any atom is -0.626 e. The van der Waals surface area contributed by atoms with Crippen molar-refractivity contribution >= 4 is 10.1 Å². The molecule has 1 aliphatic heterocycles. The van der Waals surface area contributed by atoms with Gasteiger partial charge in [-0.15, -0.1) is 10.9 Å². The summed E-state index contributed by atoms with van der Waals surface area (Å²) in [7, 11) is -2.15. The van der Waals surface area contributed by atoms with Gasteiger partial charge in [-0.2, -0.15) is 0 Å². The van der Waals surface area contributed by atoms with Crippen LogP contribution >= 0.6 is 0 Å². The van der Waals surface area contributed by atoms with Crippen LogP contribution in [0.1, 0.15) is 6.92 Å². The quantitative estimate of drug-likeness (QED) is 0.542. The molecule has 1 heterocycles. The minimum atomic E-state index is -2.15. The Morgan fingerprint density at radius 1 is 1.43 bits per heavy atom. The third-order valence-corrected chi connectivity index (χ3v) is 5.38. The van der Waals surface area contributed by atoms with Gasteiger partial charge < -0.3 is 4.55 Å². The summed E-state index contributed by atoms with van der Waals surface area (Å²) in [6.45, 7) is 5.64. The molecule has 14 heavy (non-hydrogen) atoms. The van der Waals surface area contributed by atoms with E-state index in [1.165, 1.54) is 0 Å². The van der Waals surface area contributed by atoms with E-state index in [9.17, 15) is 4.55 Å². The lowest BCUT2D eigenvalue weighted by molar-refractivity contribution is 0.533. The van der Waals surface area contributed by atoms with Crippen molar-refractivity contribution in [3.8, 4) is 0 Å². The van der Waals surface area contributed by atoms with Crippen LogP contribution in [-0.2, 0) is 10.1 Å². The molecule has 3 atom stereocenters. The van der Waals surface area contributed by atoms with E-state index in [0.29, 0.717) is 0 Å². The molecule has 0 N–H and O–H groups in total. The maximum Gasteiger partial charge on any atom is 0.156 e. The van der Waals surface area contributed by atoms with Gasteiger partial charge in [0.1, 0.15) is 10.1 Å². The Morgan fingerprint density at radius 2 is 2.07 bits per heavy atom. The molecule has 0 bridgehead atoms. The highest BCUT2D eigenvalue weighted by Gasteiger charge is 2.41. The molecule has 0 aromatic heterocycles. The molecule has 0 spiro atoms. The molecule has 0 fully saturated rings. The molecule has 1 unspecified atom stereocenters. The summed E-state index contributed by atoms with van der Waals surface area (Å²) < 4.78 is 16.6. The number of benzene rings is 1. The maximum absolute atomic E-state index is 12.3. The van der Waals surface area contributed by atoms with E-state index in [0.717, 1.165) is 4.90 Å². The van der Waals surface area contributed by atoms with Gasteiger partial charge in [0, 0.05) is 0 Å². The van der Waals surface area contributed by atoms with Crippen molar-refractivity contribution in [2.75, 3.05) is 0 Å². The fourth-order valence-electron chi connectivity index (χ4n) is 1.62. The van der Waals surface area contributed by atoms with Crippen molar-refractivity contribution in [3.63, 3.8) is 0 Å². The predicted octanol–water partition coefficient (Wildman–Crippen LogP) is 2.47. The topological polar surface area (TPSA) is 35.4 Å². The van der Waals surface area contributed by atoms with Crippen LogP contribution in [0, 0.1) is 0 Å². The zero-order chi connectivity index (χ0) is 10.2. The van der Waals surface area contributed by atoms with E-state index in [1.807, 2.05) is 37.3 Å². The van der Waals surface area contributed by atoms with Gasteiger partial charge >= 0.3 is 0 Å². The van der Waals surface area contributed by atoms with Gasteiger partial charge in [-0.05, 0) is 29.2 Å². The summed E-state index contributed by atoms with van der Waals surface area (Å²) in [6.07, 6.45) is 1.76. The first kappa shape index (κ1) is 9.62. The Balaban J connectivity index is 2.42. The van der Waals surface area contributed by atoms with Crippen molar-refractivity contribution < 1.29 is 4.55 Å². The predicted molar refractivity (Wildman–Crippen MR) is 58.7 cm³/mol. The Hall–Kier alpha value is -0.930. The number of rotatable bonds is 2. The van der Waals surface area contributed by atoms with Crippen molar-refractivity contribution in [1.82, 2.24) is 0 Å². The first-order valence-corrected chi connectivity index (χ1v) is 6.19. The van der Waals surface area contributed by atoms with Crippen molar-refractivity contribution in [2.45, 2.75) is 23.1 Å². The maximum atomic E-state index is 12.3. The van der Waals surface area contributed by atoms with Crippen LogP contribution in [0.2, 0.25) is 0 Å². The summed E-state index contributed by atoms with van der Waals surface area (Å²) in [6, 6.07) is 9.52. The van der Waals surface area contributed by atoms with Gasteiger partial charge in [-0.1, -0.05) is 24.3 Å². The van der Waals surface area contributed by atoms with Crippen LogP contribution in [0.15, 0.2) is 52.2 Å². The molecule has 0 saturated heterocycles. The van der Waals surface area contributed by atoms with Gasteiger partial charge in [-0.25, -0.2) is 0 Å². The zero-order valence-electron chi connectivity index (χ0n) is 8.09. The van der Waals surface area contributed by atoms with Gasteiger partial charge in [0.15, 0.2) is 6.04 Å². The van der Waals surface area contributed by atoms with Crippen LogP contribution in [0.25, 0.3) is 0 Å². The van der Waals surface area contributed by atoms with Crippen molar-refractivity contribution in [1.29, 1.82) is 0 Å². The second-order valence-corrected chi connectivity index (χ2v) is 5.98. The van der Waals surface area contributed by atoms with E-state index in [4.69, 9.17) is 0 Å². The fourth-order valence-corrected chi connectivity index (χ4v) is 3.89. The molecule has 3 heteroatoms. The lowest BCUT2D eigenvalue weighted by atomic mass is 10.2. The standard InChI is InChI=1S/C11H13NOS/c1-3-11-9(2)14(13,12-11)10-7-5-4-6-8-10/h3-9,11H,1H2,2H3/t9-,11-,14?/m0/s1. The lowest BCUT2D eigenvalue weighted by Crippen LogP contribution is -2.44. The van der Waals surface area contributed by atoms with E-state index in [1.54, 1.807) is 6.08 Å².